The van der Waals surface area contributed by atoms with E-state index >= 15 is 0 Å². The number of hydrogen-bond donors (Lipinski definition) is 2. The predicted octanol–water partition coefficient (Wildman–Crippen LogP) is 2.81. The number of nitrogens with zero attached hydrogens (tertiary/aromatic N) is 3. The fraction of sp³-hybridized carbons (Fsp3) is 0.500. The Morgan fingerprint density at radius 3 is 2.86 bits per heavy atom. The zero-order valence-electron chi connectivity index (χ0n) is 21.0. The molecule has 1 aromatic heterocycles. The number of anilines is 2. The fourth-order valence-electron chi connectivity index (χ4n) is 4.08. The molecule has 0 radical (unpaired) electrons. The van der Waals surface area contributed by atoms with Gasteiger partial charge in [0.15, 0.2) is 5.13 Å². The van der Waals surface area contributed by atoms with E-state index in [1.807, 2.05) is 30.5 Å². The van der Waals surface area contributed by atoms with Gasteiger partial charge in [0.05, 0.1) is 37.2 Å². The molecule has 1 aromatic carbocycles. The van der Waals surface area contributed by atoms with Crippen molar-refractivity contribution in [3.63, 3.8) is 0 Å². The Morgan fingerprint density at radius 2 is 2.14 bits per heavy atom. The molecule has 0 aliphatic carbocycles. The molecule has 0 saturated carbocycles. The van der Waals surface area contributed by atoms with Gasteiger partial charge in [-0.2, -0.15) is 0 Å². The minimum Gasteiger partial charge on any atom is -0.380 e. The van der Waals surface area contributed by atoms with Crippen LogP contribution < -0.4 is 15.5 Å². The third kappa shape index (κ3) is 6.73. The molecule has 2 saturated heterocycles. The number of hydrogen-bond acceptors (Lipinski definition) is 9. The van der Waals surface area contributed by atoms with Crippen LogP contribution in [0, 0.1) is 0 Å². The van der Waals surface area contributed by atoms with Gasteiger partial charge < -0.3 is 29.7 Å². The second kappa shape index (κ2) is 13.0. The first-order valence-electron chi connectivity index (χ1n) is 12.3. The molecular formula is C26H35N5O4S. The summed E-state index contributed by atoms with van der Waals surface area (Å²) < 4.78 is 16.2. The molecule has 3 heterocycles. The average Bonchev–Trinajstić information content (AvgIpc) is 3.35. The number of nitrogens with one attached hydrogen (secondary N) is 2. The van der Waals surface area contributed by atoms with Gasteiger partial charge in [-0.3, -0.25) is 9.69 Å². The zero-order valence-corrected chi connectivity index (χ0v) is 21.9. The third-order valence-electron chi connectivity index (χ3n) is 6.21. The summed E-state index contributed by atoms with van der Waals surface area (Å²) in [5.41, 5.74) is 6.65. The van der Waals surface area contributed by atoms with Crippen molar-refractivity contribution in [2.24, 2.45) is 0 Å². The normalized spacial score (nSPS) is 16.3. The Balaban J connectivity index is 1.50. The lowest BCUT2D eigenvalue weighted by molar-refractivity contribution is 0.0342. The standard InChI is InChI=1S/C26H35N5O4S/c1-4-22(24-18-36-26(29-24)31-16-20(17-31)33-3)28-23-7-6-19(15-30-9-12-35-13-10-30)14-21(23)25(32)27-8-11-34-5-2/h6-7,14,18,20,28H,1,5,8-13,15-17H2,2-3H3,(H,27,32). The van der Waals surface area contributed by atoms with Gasteiger partial charge in [0, 0.05) is 58.4 Å². The molecule has 0 bridgehead atoms. The number of amides is 1. The SMILES string of the molecule is C=C=C(Nc1ccc(CN2CCOCC2)cc1C(=O)NCCOCC)c1csc(N2CC(OC)C2)n1. The maximum Gasteiger partial charge on any atom is 0.253 e. The smallest absolute Gasteiger partial charge is 0.253 e. The highest BCUT2D eigenvalue weighted by Gasteiger charge is 2.29. The van der Waals surface area contributed by atoms with Crippen LogP contribution in [-0.4, -0.2) is 88.2 Å². The van der Waals surface area contributed by atoms with Crippen LogP contribution >= 0.6 is 11.3 Å². The van der Waals surface area contributed by atoms with Crippen LogP contribution in [-0.2, 0) is 20.8 Å². The summed E-state index contributed by atoms with van der Waals surface area (Å²) in [7, 11) is 1.73. The number of aromatic nitrogens is 1. The average molecular weight is 514 g/mol. The first-order chi connectivity index (χ1) is 17.6. The molecular weight excluding hydrogens is 478 g/mol. The number of thiazole rings is 1. The number of morpholine rings is 1. The molecule has 9 nitrogen and oxygen atoms in total. The van der Waals surface area contributed by atoms with Gasteiger partial charge >= 0.3 is 0 Å². The van der Waals surface area contributed by atoms with Crippen LogP contribution in [0.25, 0.3) is 5.70 Å². The highest BCUT2D eigenvalue weighted by atomic mass is 32.1. The Kier molecular flexibility index (Phi) is 9.52. The number of carbonyl (C=O) groups excluding carboxylic acids is 1. The fourth-order valence-corrected chi connectivity index (χ4v) is 4.92. The van der Waals surface area contributed by atoms with Gasteiger partial charge in [0.25, 0.3) is 5.91 Å². The van der Waals surface area contributed by atoms with Gasteiger partial charge in [0.2, 0.25) is 0 Å². The molecule has 2 fully saturated rings. The van der Waals surface area contributed by atoms with Crippen LogP contribution in [0.2, 0.25) is 0 Å². The summed E-state index contributed by atoms with van der Waals surface area (Å²) in [6, 6.07) is 5.94. The molecule has 2 aliphatic rings. The number of carbonyl (C=O) groups is 1. The quantitative estimate of drug-likeness (QED) is 0.331. The molecule has 10 heteroatoms. The summed E-state index contributed by atoms with van der Waals surface area (Å²) >= 11 is 1.57. The van der Waals surface area contributed by atoms with E-state index in [1.54, 1.807) is 18.4 Å². The minimum absolute atomic E-state index is 0.158. The first kappa shape index (κ1) is 26.3. The van der Waals surface area contributed by atoms with Crippen molar-refractivity contribution in [3.05, 3.63) is 52.7 Å². The molecule has 0 unspecified atom stereocenters. The summed E-state index contributed by atoms with van der Waals surface area (Å²) in [6.07, 6.45) is 0.254. The predicted molar refractivity (Wildman–Crippen MR) is 143 cm³/mol. The Hall–Kier alpha value is -2.72. The maximum atomic E-state index is 13.2. The molecule has 2 aromatic rings. The molecule has 194 valence electrons. The number of ether oxygens (including phenoxy) is 3. The maximum absolute atomic E-state index is 13.2. The largest absolute Gasteiger partial charge is 0.380 e. The van der Waals surface area contributed by atoms with Crippen molar-refractivity contribution in [1.82, 2.24) is 15.2 Å². The Bertz CT molecular complexity index is 1070. The third-order valence-corrected chi connectivity index (χ3v) is 7.11. The first-order valence-corrected chi connectivity index (χ1v) is 13.2. The summed E-state index contributed by atoms with van der Waals surface area (Å²) in [6.45, 7) is 13.0. The molecule has 2 aliphatic heterocycles. The summed E-state index contributed by atoms with van der Waals surface area (Å²) in [5, 5.41) is 9.23. The van der Waals surface area contributed by atoms with Crippen LogP contribution in [0.3, 0.4) is 0 Å². The molecule has 0 spiro atoms. The van der Waals surface area contributed by atoms with E-state index in [9.17, 15) is 4.79 Å². The van der Waals surface area contributed by atoms with E-state index in [4.69, 9.17) is 19.2 Å². The van der Waals surface area contributed by atoms with Crippen LogP contribution in [0.15, 0.2) is 35.9 Å². The van der Waals surface area contributed by atoms with E-state index < -0.39 is 0 Å². The lowest BCUT2D eigenvalue weighted by Crippen LogP contribution is -2.51. The zero-order chi connectivity index (χ0) is 25.3. The van der Waals surface area contributed by atoms with Crippen molar-refractivity contribution in [3.8, 4) is 0 Å². The number of methoxy groups -OCH3 is 1. The monoisotopic (exact) mass is 513 g/mol. The second-order valence-corrected chi connectivity index (χ2v) is 9.51. The van der Waals surface area contributed by atoms with E-state index in [0.717, 1.165) is 62.3 Å². The molecule has 4 rings (SSSR count). The van der Waals surface area contributed by atoms with Crippen molar-refractivity contribution in [1.29, 1.82) is 0 Å². The van der Waals surface area contributed by atoms with Gasteiger partial charge in [-0.1, -0.05) is 12.6 Å². The van der Waals surface area contributed by atoms with Crippen molar-refractivity contribution in [2.75, 3.05) is 76.5 Å². The van der Waals surface area contributed by atoms with Gasteiger partial charge in [-0.05, 0) is 24.6 Å². The molecule has 2 N–H and O–H groups in total. The molecule has 1 amide bonds. The van der Waals surface area contributed by atoms with Crippen molar-refractivity contribution >= 4 is 33.8 Å². The lowest BCUT2D eigenvalue weighted by Gasteiger charge is -2.37. The Morgan fingerprint density at radius 1 is 1.33 bits per heavy atom. The van der Waals surface area contributed by atoms with Crippen molar-refractivity contribution < 1.29 is 19.0 Å². The highest BCUT2D eigenvalue weighted by molar-refractivity contribution is 7.13. The van der Waals surface area contributed by atoms with E-state index in [0.29, 0.717) is 36.7 Å². The summed E-state index contributed by atoms with van der Waals surface area (Å²) in [4.78, 5) is 22.4. The number of rotatable bonds is 12. The van der Waals surface area contributed by atoms with Crippen LogP contribution in [0.5, 0.6) is 0 Å². The van der Waals surface area contributed by atoms with Crippen molar-refractivity contribution in [2.45, 2.75) is 19.6 Å². The molecule has 0 atom stereocenters. The summed E-state index contributed by atoms with van der Waals surface area (Å²) in [5.74, 6) is -0.158. The van der Waals surface area contributed by atoms with Gasteiger partial charge in [-0.15, -0.1) is 17.1 Å². The second-order valence-electron chi connectivity index (χ2n) is 8.68. The topological polar surface area (TPSA) is 88.2 Å². The molecule has 36 heavy (non-hydrogen) atoms. The van der Waals surface area contributed by atoms with E-state index in [-0.39, 0.29) is 12.0 Å². The van der Waals surface area contributed by atoms with Crippen LogP contribution in [0.4, 0.5) is 10.8 Å². The van der Waals surface area contributed by atoms with Gasteiger partial charge in [0.1, 0.15) is 11.4 Å². The van der Waals surface area contributed by atoms with Gasteiger partial charge in [-0.25, -0.2) is 4.98 Å². The number of benzene rings is 1. The Labute approximate surface area is 216 Å². The van der Waals surface area contributed by atoms with E-state index in [2.05, 4.69) is 32.7 Å². The van der Waals surface area contributed by atoms with E-state index in [1.165, 1.54) is 0 Å². The van der Waals surface area contributed by atoms with Crippen LogP contribution in [0.1, 0.15) is 28.5 Å². The minimum atomic E-state index is -0.158. The lowest BCUT2D eigenvalue weighted by atomic mass is 10.1. The highest BCUT2D eigenvalue weighted by Crippen LogP contribution is 2.30.